The standard InChI is InChI=1S/C23H17NO3/c1-15-21(13-8-16-6-9-18(10-7-16)23(25)26)24-22(27-15)20-12-11-17-4-2-3-5-19(17)14-20/h2-14H,1H3,(H,25,26)/b13-8+. The van der Waals surface area contributed by atoms with Crippen LogP contribution in [0.5, 0.6) is 0 Å². The molecule has 3 aromatic carbocycles. The zero-order chi connectivity index (χ0) is 18.8. The van der Waals surface area contributed by atoms with Gasteiger partial charge >= 0.3 is 5.97 Å². The van der Waals surface area contributed by atoms with Gasteiger partial charge in [0.2, 0.25) is 5.89 Å². The highest BCUT2D eigenvalue weighted by atomic mass is 16.4. The molecule has 0 aliphatic rings. The van der Waals surface area contributed by atoms with Crippen molar-refractivity contribution < 1.29 is 14.3 Å². The molecule has 4 aromatic rings. The lowest BCUT2D eigenvalue weighted by atomic mass is 10.1. The van der Waals surface area contributed by atoms with E-state index in [4.69, 9.17) is 9.52 Å². The van der Waals surface area contributed by atoms with Gasteiger partial charge in [-0.2, -0.15) is 0 Å². The molecule has 0 saturated carbocycles. The molecule has 27 heavy (non-hydrogen) atoms. The third-order valence-electron chi connectivity index (χ3n) is 4.42. The van der Waals surface area contributed by atoms with Crippen LogP contribution in [0.2, 0.25) is 0 Å². The Morgan fingerprint density at radius 2 is 1.70 bits per heavy atom. The van der Waals surface area contributed by atoms with Crippen LogP contribution in [0.15, 0.2) is 71.1 Å². The van der Waals surface area contributed by atoms with Gasteiger partial charge in [0.1, 0.15) is 11.5 Å². The number of hydrogen-bond acceptors (Lipinski definition) is 3. The van der Waals surface area contributed by atoms with Crippen molar-refractivity contribution >= 4 is 28.9 Å². The Kier molecular flexibility index (Phi) is 4.30. The van der Waals surface area contributed by atoms with Crippen molar-refractivity contribution in [3.8, 4) is 11.5 Å². The lowest BCUT2D eigenvalue weighted by molar-refractivity contribution is 0.0697. The van der Waals surface area contributed by atoms with Crippen molar-refractivity contribution in [3.05, 3.63) is 89.3 Å². The molecule has 0 saturated heterocycles. The molecule has 0 fully saturated rings. The molecule has 0 bridgehead atoms. The minimum Gasteiger partial charge on any atom is -0.478 e. The second-order valence-corrected chi connectivity index (χ2v) is 6.28. The molecule has 0 spiro atoms. The van der Waals surface area contributed by atoms with Crippen LogP contribution in [0.25, 0.3) is 34.4 Å². The maximum absolute atomic E-state index is 10.9. The van der Waals surface area contributed by atoms with Gasteiger partial charge in [0.25, 0.3) is 0 Å². The highest BCUT2D eigenvalue weighted by Crippen LogP contribution is 2.26. The Morgan fingerprint density at radius 3 is 2.44 bits per heavy atom. The lowest BCUT2D eigenvalue weighted by Gasteiger charge is -1.99. The zero-order valence-electron chi connectivity index (χ0n) is 14.7. The van der Waals surface area contributed by atoms with Gasteiger partial charge in [0.15, 0.2) is 0 Å². The summed E-state index contributed by atoms with van der Waals surface area (Å²) in [5.74, 6) is 0.383. The van der Waals surface area contributed by atoms with Crippen molar-refractivity contribution in [3.63, 3.8) is 0 Å². The predicted molar refractivity (Wildman–Crippen MR) is 107 cm³/mol. The summed E-state index contributed by atoms with van der Waals surface area (Å²) < 4.78 is 5.85. The summed E-state index contributed by atoms with van der Waals surface area (Å²) in [7, 11) is 0. The summed E-state index contributed by atoms with van der Waals surface area (Å²) in [5.41, 5.74) is 2.85. The first-order valence-electron chi connectivity index (χ1n) is 8.58. The molecular formula is C23H17NO3. The molecule has 4 heteroatoms. The largest absolute Gasteiger partial charge is 0.478 e. The molecule has 0 atom stereocenters. The van der Waals surface area contributed by atoms with Crippen molar-refractivity contribution in [1.29, 1.82) is 0 Å². The van der Waals surface area contributed by atoms with Gasteiger partial charge in [0, 0.05) is 5.56 Å². The Bertz CT molecular complexity index is 1150. The Balaban J connectivity index is 1.61. The zero-order valence-corrected chi connectivity index (χ0v) is 14.7. The minimum absolute atomic E-state index is 0.267. The van der Waals surface area contributed by atoms with Crippen LogP contribution >= 0.6 is 0 Å². The monoisotopic (exact) mass is 355 g/mol. The van der Waals surface area contributed by atoms with E-state index >= 15 is 0 Å². The third-order valence-corrected chi connectivity index (χ3v) is 4.42. The predicted octanol–water partition coefficient (Wildman–Crippen LogP) is 5.67. The number of nitrogens with zero attached hydrogens (tertiary/aromatic N) is 1. The quantitative estimate of drug-likeness (QED) is 0.512. The Hall–Kier alpha value is -3.66. The number of carboxylic acids is 1. The van der Waals surface area contributed by atoms with E-state index in [-0.39, 0.29) is 5.56 Å². The van der Waals surface area contributed by atoms with Crippen LogP contribution in [0.4, 0.5) is 0 Å². The maximum atomic E-state index is 10.9. The SMILES string of the molecule is Cc1oc(-c2ccc3ccccc3c2)nc1/C=C/c1ccc(C(=O)O)cc1. The number of rotatable bonds is 4. The number of aryl methyl sites for hydroxylation is 1. The summed E-state index contributed by atoms with van der Waals surface area (Å²) in [5, 5.41) is 11.3. The van der Waals surface area contributed by atoms with E-state index in [1.807, 2.05) is 37.3 Å². The topological polar surface area (TPSA) is 63.3 Å². The van der Waals surface area contributed by atoms with Gasteiger partial charge in [0.05, 0.1) is 5.56 Å². The first-order chi connectivity index (χ1) is 13.1. The van der Waals surface area contributed by atoms with Gasteiger partial charge in [-0.15, -0.1) is 0 Å². The summed E-state index contributed by atoms with van der Waals surface area (Å²) in [4.78, 5) is 15.5. The number of aromatic nitrogens is 1. The Morgan fingerprint density at radius 1 is 0.963 bits per heavy atom. The van der Waals surface area contributed by atoms with E-state index in [2.05, 4.69) is 29.2 Å². The fourth-order valence-corrected chi connectivity index (χ4v) is 2.92. The number of aromatic carboxylic acids is 1. The highest BCUT2D eigenvalue weighted by Gasteiger charge is 2.10. The molecule has 4 nitrogen and oxygen atoms in total. The van der Waals surface area contributed by atoms with Gasteiger partial charge in [-0.3, -0.25) is 0 Å². The van der Waals surface area contributed by atoms with Crippen LogP contribution in [0.3, 0.4) is 0 Å². The van der Waals surface area contributed by atoms with Crippen LogP contribution in [0, 0.1) is 6.92 Å². The molecular weight excluding hydrogens is 338 g/mol. The number of carbonyl (C=O) groups is 1. The van der Waals surface area contributed by atoms with E-state index < -0.39 is 5.97 Å². The molecule has 132 valence electrons. The number of fused-ring (bicyclic) bond motifs is 1. The number of benzene rings is 3. The smallest absolute Gasteiger partial charge is 0.335 e. The van der Waals surface area contributed by atoms with Crippen LogP contribution in [0.1, 0.15) is 27.4 Å². The molecule has 0 unspecified atom stereocenters. The second kappa shape index (κ2) is 6.92. The maximum Gasteiger partial charge on any atom is 0.335 e. The van der Waals surface area contributed by atoms with Gasteiger partial charge in [-0.1, -0.05) is 48.5 Å². The molecule has 4 rings (SSSR count). The van der Waals surface area contributed by atoms with E-state index in [0.717, 1.165) is 28.0 Å². The number of hydrogen-bond donors (Lipinski definition) is 1. The molecule has 1 aromatic heterocycles. The molecule has 1 N–H and O–H groups in total. The first kappa shape index (κ1) is 16.8. The molecule has 0 amide bonds. The summed E-state index contributed by atoms with van der Waals surface area (Å²) in [6, 6.07) is 21.0. The fraction of sp³-hybridized carbons (Fsp3) is 0.0435. The number of oxazole rings is 1. The highest BCUT2D eigenvalue weighted by molar-refractivity contribution is 5.88. The van der Waals surface area contributed by atoms with E-state index in [9.17, 15) is 4.79 Å². The third kappa shape index (κ3) is 3.51. The molecule has 0 aliphatic carbocycles. The Labute approximate surface area is 156 Å². The summed E-state index contributed by atoms with van der Waals surface area (Å²) >= 11 is 0. The summed E-state index contributed by atoms with van der Waals surface area (Å²) in [6.45, 7) is 1.88. The van der Waals surface area contributed by atoms with Gasteiger partial charge < -0.3 is 9.52 Å². The van der Waals surface area contributed by atoms with Crippen molar-refractivity contribution in [2.75, 3.05) is 0 Å². The molecule has 0 radical (unpaired) electrons. The molecule has 1 heterocycles. The first-order valence-corrected chi connectivity index (χ1v) is 8.58. The van der Waals surface area contributed by atoms with Crippen molar-refractivity contribution in [2.45, 2.75) is 6.92 Å². The molecule has 0 aliphatic heterocycles. The normalized spacial score (nSPS) is 11.3. The van der Waals surface area contributed by atoms with Crippen LogP contribution < -0.4 is 0 Å². The fourth-order valence-electron chi connectivity index (χ4n) is 2.92. The average Bonchev–Trinajstić information content (AvgIpc) is 3.07. The number of carboxylic acid groups (broad SMARTS) is 1. The minimum atomic E-state index is -0.932. The van der Waals surface area contributed by atoms with Crippen molar-refractivity contribution in [1.82, 2.24) is 4.98 Å². The van der Waals surface area contributed by atoms with Gasteiger partial charge in [-0.05, 0) is 53.6 Å². The second-order valence-electron chi connectivity index (χ2n) is 6.28. The van der Waals surface area contributed by atoms with Crippen molar-refractivity contribution in [2.24, 2.45) is 0 Å². The average molecular weight is 355 g/mol. The summed E-state index contributed by atoms with van der Waals surface area (Å²) in [6.07, 6.45) is 3.76. The van der Waals surface area contributed by atoms with Gasteiger partial charge in [-0.25, -0.2) is 9.78 Å². The lowest BCUT2D eigenvalue weighted by Crippen LogP contribution is -1.94. The van der Waals surface area contributed by atoms with E-state index in [0.29, 0.717) is 5.89 Å². The van der Waals surface area contributed by atoms with E-state index in [1.54, 1.807) is 24.3 Å². The van der Waals surface area contributed by atoms with Crippen LogP contribution in [-0.2, 0) is 0 Å². The van der Waals surface area contributed by atoms with E-state index in [1.165, 1.54) is 5.39 Å². The van der Waals surface area contributed by atoms with Crippen LogP contribution in [-0.4, -0.2) is 16.1 Å².